The molecule has 1 aromatic heterocycles. The Labute approximate surface area is 120 Å². The van der Waals surface area contributed by atoms with Gasteiger partial charge in [0.15, 0.2) is 11.8 Å². The first-order valence-corrected chi connectivity index (χ1v) is 6.33. The van der Waals surface area contributed by atoms with E-state index in [1.807, 2.05) is 0 Å². The molecule has 1 fully saturated rings. The molecule has 114 valence electrons. The van der Waals surface area contributed by atoms with Crippen molar-refractivity contribution >= 4 is 5.82 Å². The molecule has 1 aliphatic rings. The van der Waals surface area contributed by atoms with Crippen LogP contribution in [0.4, 0.5) is 5.82 Å². The summed E-state index contributed by atoms with van der Waals surface area (Å²) >= 11 is 0. The van der Waals surface area contributed by atoms with Gasteiger partial charge in [-0.3, -0.25) is 4.57 Å². The van der Waals surface area contributed by atoms with Crippen LogP contribution in [0.5, 0.6) is 0 Å². The second-order valence-corrected chi connectivity index (χ2v) is 4.88. The third kappa shape index (κ3) is 2.52. The van der Waals surface area contributed by atoms with E-state index < -0.39 is 35.8 Å². The Morgan fingerprint density at radius 3 is 2.81 bits per heavy atom. The summed E-state index contributed by atoms with van der Waals surface area (Å²) in [4.78, 5) is 15.4. The Morgan fingerprint density at radius 1 is 1.62 bits per heavy atom. The Hall–Kier alpha value is -1.92. The highest BCUT2D eigenvalue weighted by Crippen LogP contribution is 2.38. The lowest BCUT2D eigenvalue weighted by Gasteiger charge is -2.26. The Kier molecular flexibility index (Phi) is 4.02. The zero-order valence-electron chi connectivity index (χ0n) is 11.6. The van der Waals surface area contributed by atoms with Crippen molar-refractivity contribution in [3.8, 4) is 11.8 Å². The maximum atomic E-state index is 11.9. The molecule has 1 aromatic rings. The van der Waals surface area contributed by atoms with Crippen molar-refractivity contribution in [2.45, 2.75) is 44.0 Å². The van der Waals surface area contributed by atoms with Gasteiger partial charge in [-0.1, -0.05) is 5.92 Å². The topological polar surface area (TPSA) is 131 Å². The monoisotopic (exact) mass is 295 g/mol. The second-order valence-electron chi connectivity index (χ2n) is 4.88. The molecular formula is C13H17N3O5. The predicted octanol–water partition coefficient (Wildman–Crippen LogP) is -1.78. The molecule has 5 N–H and O–H groups in total. The molecule has 0 bridgehead atoms. The van der Waals surface area contributed by atoms with E-state index >= 15 is 0 Å². The number of anilines is 1. The summed E-state index contributed by atoms with van der Waals surface area (Å²) < 4.78 is 6.42. The average Bonchev–Trinajstić information content (AvgIpc) is 2.64. The summed E-state index contributed by atoms with van der Waals surface area (Å²) in [7, 11) is 0. The molecule has 2 rings (SSSR count). The highest BCUT2D eigenvalue weighted by Gasteiger charge is 2.57. The molecule has 0 spiro atoms. The molecular weight excluding hydrogens is 278 g/mol. The zero-order valence-corrected chi connectivity index (χ0v) is 11.6. The number of ether oxygens (including phenoxy) is 1. The number of rotatable bonds is 2. The van der Waals surface area contributed by atoms with Crippen LogP contribution >= 0.6 is 0 Å². The smallest absolute Gasteiger partial charge is 0.351 e. The molecule has 8 heteroatoms. The minimum Gasteiger partial charge on any atom is -0.391 e. The third-order valence-electron chi connectivity index (χ3n) is 3.33. The standard InChI is InChI=1S/C13H17N3O5/c1-3-5-13(20)10(18)9(7(2)17)21-11(13)16-6-4-8(14)15-12(16)19/h4,6-7,9-11,17-18,20H,1-2H3,(H2,14,15,19)/t7-,9-,10?,11-,13-/m1/s1. The first-order valence-electron chi connectivity index (χ1n) is 6.33. The lowest BCUT2D eigenvalue weighted by Crippen LogP contribution is -2.48. The van der Waals surface area contributed by atoms with Crippen LogP contribution in [-0.4, -0.2) is 48.8 Å². The maximum absolute atomic E-state index is 11.9. The molecule has 0 amide bonds. The van der Waals surface area contributed by atoms with Gasteiger partial charge < -0.3 is 25.8 Å². The number of hydrogen-bond acceptors (Lipinski definition) is 7. The van der Waals surface area contributed by atoms with Crippen LogP contribution in [0.25, 0.3) is 0 Å². The van der Waals surface area contributed by atoms with Gasteiger partial charge in [0.05, 0.1) is 6.10 Å². The van der Waals surface area contributed by atoms with E-state index in [0.29, 0.717) is 0 Å². The number of nitrogen functional groups attached to an aromatic ring is 1. The normalized spacial score (nSPS) is 33.3. The summed E-state index contributed by atoms with van der Waals surface area (Å²) in [5.74, 6) is 4.96. The highest BCUT2D eigenvalue weighted by molar-refractivity contribution is 5.26. The summed E-state index contributed by atoms with van der Waals surface area (Å²) in [5.41, 5.74) is 2.61. The fraction of sp³-hybridized carbons (Fsp3) is 0.538. The van der Waals surface area contributed by atoms with E-state index in [4.69, 9.17) is 10.5 Å². The molecule has 1 saturated heterocycles. The zero-order chi connectivity index (χ0) is 15.8. The van der Waals surface area contributed by atoms with Gasteiger partial charge in [-0.05, 0) is 19.9 Å². The Morgan fingerprint density at radius 2 is 2.29 bits per heavy atom. The van der Waals surface area contributed by atoms with Crippen molar-refractivity contribution in [3.63, 3.8) is 0 Å². The minimum absolute atomic E-state index is 0.0204. The van der Waals surface area contributed by atoms with Gasteiger partial charge in [-0.25, -0.2) is 4.79 Å². The summed E-state index contributed by atoms with van der Waals surface area (Å²) in [6.45, 7) is 2.88. The first-order chi connectivity index (χ1) is 9.81. The van der Waals surface area contributed by atoms with Gasteiger partial charge in [0.25, 0.3) is 0 Å². The maximum Gasteiger partial charge on any atom is 0.351 e. The summed E-state index contributed by atoms with van der Waals surface area (Å²) in [6, 6.07) is 1.35. The summed E-state index contributed by atoms with van der Waals surface area (Å²) in [6.07, 6.45) is -3.66. The van der Waals surface area contributed by atoms with Crippen molar-refractivity contribution in [1.82, 2.24) is 9.55 Å². The number of aliphatic hydroxyl groups excluding tert-OH is 2. The van der Waals surface area contributed by atoms with Gasteiger partial charge in [0.2, 0.25) is 0 Å². The number of nitrogens with zero attached hydrogens (tertiary/aromatic N) is 2. The van der Waals surface area contributed by atoms with E-state index in [2.05, 4.69) is 16.8 Å². The van der Waals surface area contributed by atoms with Crippen LogP contribution in [0.15, 0.2) is 17.1 Å². The number of aliphatic hydroxyl groups is 3. The fourth-order valence-corrected chi connectivity index (χ4v) is 2.32. The second kappa shape index (κ2) is 5.46. The van der Waals surface area contributed by atoms with Crippen molar-refractivity contribution in [2.24, 2.45) is 0 Å². The summed E-state index contributed by atoms with van der Waals surface area (Å²) in [5, 5.41) is 30.4. The van der Waals surface area contributed by atoms with E-state index in [-0.39, 0.29) is 5.82 Å². The molecule has 1 aliphatic heterocycles. The molecule has 0 aromatic carbocycles. The van der Waals surface area contributed by atoms with Crippen molar-refractivity contribution in [3.05, 3.63) is 22.7 Å². The van der Waals surface area contributed by atoms with Crippen molar-refractivity contribution in [1.29, 1.82) is 0 Å². The molecule has 5 atom stereocenters. The Balaban J connectivity index is 2.54. The quantitative estimate of drug-likeness (QED) is 0.474. The molecule has 0 radical (unpaired) electrons. The van der Waals surface area contributed by atoms with Gasteiger partial charge in [-0.15, -0.1) is 5.92 Å². The highest BCUT2D eigenvalue weighted by atomic mass is 16.6. The average molecular weight is 295 g/mol. The lowest BCUT2D eigenvalue weighted by atomic mass is 9.93. The largest absolute Gasteiger partial charge is 0.391 e. The van der Waals surface area contributed by atoms with Gasteiger partial charge in [0.1, 0.15) is 18.0 Å². The number of nitrogens with two attached hydrogens (primary N) is 1. The molecule has 21 heavy (non-hydrogen) atoms. The molecule has 0 aliphatic carbocycles. The molecule has 2 heterocycles. The Bertz CT molecular complexity index is 647. The van der Waals surface area contributed by atoms with Crippen LogP contribution in [-0.2, 0) is 4.74 Å². The van der Waals surface area contributed by atoms with Gasteiger partial charge in [-0.2, -0.15) is 4.98 Å². The van der Waals surface area contributed by atoms with E-state index in [1.54, 1.807) is 0 Å². The molecule has 1 unspecified atom stereocenters. The first kappa shape index (κ1) is 15.5. The lowest BCUT2D eigenvalue weighted by molar-refractivity contribution is -0.0883. The van der Waals surface area contributed by atoms with E-state index in [1.165, 1.54) is 26.1 Å². The SMILES string of the molecule is CC#C[C@@]1(O)C(O)[C@@H]([C@@H](C)O)O[C@H]1n1ccc(N)nc1=O. The predicted molar refractivity (Wildman–Crippen MR) is 72.9 cm³/mol. The number of hydrogen-bond donors (Lipinski definition) is 4. The van der Waals surface area contributed by atoms with Crippen LogP contribution in [0.2, 0.25) is 0 Å². The van der Waals surface area contributed by atoms with Gasteiger partial charge in [0, 0.05) is 6.20 Å². The molecule has 8 nitrogen and oxygen atoms in total. The van der Waals surface area contributed by atoms with Crippen LogP contribution in [0, 0.1) is 11.8 Å². The van der Waals surface area contributed by atoms with E-state index in [9.17, 15) is 20.1 Å². The third-order valence-corrected chi connectivity index (χ3v) is 3.33. The minimum atomic E-state index is -2.04. The van der Waals surface area contributed by atoms with E-state index in [0.717, 1.165) is 4.57 Å². The fourth-order valence-electron chi connectivity index (χ4n) is 2.32. The molecule has 0 saturated carbocycles. The number of aromatic nitrogens is 2. The van der Waals surface area contributed by atoms with Gasteiger partial charge >= 0.3 is 5.69 Å². The van der Waals surface area contributed by atoms with Crippen LogP contribution in [0.1, 0.15) is 20.1 Å². The van der Waals surface area contributed by atoms with Crippen molar-refractivity contribution < 1.29 is 20.1 Å². The van der Waals surface area contributed by atoms with Crippen molar-refractivity contribution in [2.75, 3.05) is 5.73 Å². The van der Waals surface area contributed by atoms with Crippen LogP contribution in [0.3, 0.4) is 0 Å². The van der Waals surface area contributed by atoms with Crippen LogP contribution < -0.4 is 11.4 Å².